The van der Waals surface area contributed by atoms with Crippen molar-refractivity contribution in [3.8, 4) is 0 Å². The van der Waals surface area contributed by atoms with Crippen molar-refractivity contribution in [2.45, 2.75) is 45.8 Å². The Morgan fingerprint density at radius 1 is 1.24 bits per heavy atom. The molecular weight excluding hydrogens is 265 g/mol. The van der Waals surface area contributed by atoms with Gasteiger partial charge in [-0.2, -0.15) is 0 Å². The molecule has 1 fully saturated rings. The van der Waals surface area contributed by atoms with Crippen LogP contribution in [0.5, 0.6) is 0 Å². The SMILES string of the molecule is CCNc1c(N)cncc1/C=C/B1OC(C)(C)C(C)(C)O1. The first-order valence-corrected chi connectivity index (χ1v) is 7.28. The van der Waals surface area contributed by atoms with Gasteiger partial charge in [0.2, 0.25) is 0 Å². The summed E-state index contributed by atoms with van der Waals surface area (Å²) < 4.78 is 11.9. The molecular formula is C15H24BN3O2. The van der Waals surface area contributed by atoms with Crippen LogP contribution in [0.3, 0.4) is 0 Å². The van der Waals surface area contributed by atoms with E-state index in [1.54, 1.807) is 12.4 Å². The molecule has 1 saturated heterocycles. The summed E-state index contributed by atoms with van der Waals surface area (Å²) in [4.78, 5) is 4.13. The van der Waals surface area contributed by atoms with Crippen molar-refractivity contribution < 1.29 is 9.31 Å². The average Bonchev–Trinajstić information content (AvgIpc) is 2.59. The highest BCUT2D eigenvalue weighted by Gasteiger charge is 2.50. The number of hydrogen-bond donors (Lipinski definition) is 2. The zero-order valence-corrected chi connectivity index (χ0v) is 13.4. The van der Waals surface area contributed by atoms with E-state index in [-0.39, 0.29) is 18.3 Å². The predicted molar refractivity (Wildman–Crippen MR) is 87.9 cm³/mol. The van der Waals surface area contributed by atoms with Gasteiger partial charge in [-0.3, -0.25) is 4.98 Å². The van der Waals surface area contributed by atoms with Gasteiger partial charge < -0.3 is 20.4 Å². The molecule has 0 spiro atoms. The number of pyridine rings is 1. The number of nitrogens with two attached hydrogens (primary N) is 1. The Bertz CT molecular complexity index is 528. The molecule has 0 bridgehead atoms. The van der Waals surface area contributed by atoms with Gasteiger partial charge in [-0.15, -0.1) is 0 Å². The second-order valence-electron chi connectivity index (χ2n) is 6.21. The maximum absolute atomic E-state index is 5.96. The minimum atomic E-state index is -0.370. The van der Waals surface area contributed by atoms with Gasteiger partial charge in [0.15, 0.2) is 0 Å². The van der Waals surface area contributed by atoms with Gasteiger partial charge in [0, 0.05) is 18.3 Å². The van der Waals surface area contributed by atoms with Crippen LogP contribution in [0.15, 0.2) is 18.4 Å². The summed E-state index contributed by atoms with van der Waals surface area (Å²) in [6.45, 7) is 11.0. The van der Waals surface area contributed by atoms with Crippen molar-refractivity contribution in [3.05, 3.63) is 23.9 Å². The largest absolute Gasteiger partial charge is 0.487 e. The van der Waals surface area contributed by atoms with Gasteiger partial charge in [-0.1, -0.05) is 12.1 Å². The highest BCUT2D eigenvalue weighted by molar-refractivity contribution is 6.52. The third-order valence-corrected chi connectivity index (χ3v) is 4.06. The summed E-state index contributed by atoms with van der Waals surface area (Å²) in [7, 11) is -0.370. The zero-order valence-electron chi connectivity index (χ0n) is 13.4. The summed E-state index contributed by atoms with van der Waals surface area (Å²) in [5.41, 5.74) is 7.73. The first-order chi connectivity index (χ1) is 9.77. The number of hydrogen-bond acceptors (Lipinski definition) is 5. The molecule has 1 aromatic rings. The van der Waals surface area contributed by atoms with Gasteiger partial charge in [-0.05, 0) is 34.6 Å². The van der Waals surface area contributed by atoms with Gasteiger partial charge >= 0.3 is 7.12 Å². The minimum absolute atomic E-state index is 0.333. The van der Waals surface area contributed by atoms with E-state index >= 15 is 0 Å². The smallest absolute Gasteiger partial charge is 0.400 e. The van der Waals surface area contributed by atoms with Crippen LogP contribution < -0.4 is 11.1 Å². The standard InChI is InChI=1S/C15H24BN3O2/c1-6-19-13-11(9-18-10-12(13)17)7-8-16-20-14(2,3)15(4,5)21-16/h7-10H,6,17H2,1-5H3,(H,18,19)/b8-7+. The van der Waals surface area contributed by atoms with Crippen LogP contribution in [0.25, 0.3) is 6.08 Å². The summed E-state index contributed by atoms with van der Waals surface area (Å²) in [5.74, 6) is 1.90. The van der Waals surface area contributed by atoms with E-state index < -0.39 is 0 Å². The number of nitrogens with zero attached hydrogens (tertiary/aromatic N) is 1. The van der Waals surface area contributed by atoms with Crippen molar-refractivity contribution in [1.29, 1.82) is 0 Å². The molecule has 3 N–H and O–H groups in total. The summed E-state index contributed by atoms with van der Waals surface area (Å²) >= 11 is 0. The molecule has 0 atom stereocenters. The number of nitrogen functional groups attached to an aromatic ring is 1. The summed E-state index contributed by atoms with van der Waals surface area (Å²) in [6, 6.07) is 0. The van der Waals surface area contributed by atoms with Gasteiger partial charge in [0.25, 0.3) is 0 Å². The lowest BCUT2D eigenvalue weighted by molar-refractivity contribution is 0.00578. The fourth-order valence-corrected chi connectivity index (χ4v) is 2.15. The molecule has 21 heavy (non-hydrogen) atoms. The fraction of sp³-hybridized carbons (Fsp3) is 0.533. The number of rotatable bonds is 4. The molecule has 1 aliphatic heterocycles. The molecule has 0 aromatic carbocycles. The summed E-state index contributed by atoms with van der Waals surface area (Å²) in [5, 5.41) is 3.25. The molecule has 5 nitrogen and oxygen atoms in total. The van der Waals surface area contributed by atoms with E-state index in [9.17, 15) is 0 Å². The Morgan fingerprint density at radius 3 is 2.43 bits per heavy atom. The Hall–Kier alpha value is -1.53. The van der Waals surface area contributed by atoms with Crippen LogP contribution in [0.2, 0.25) is 0 Å². The van der Waals surface area contributed by atoms with Crippen LogP contribution in [-0.2, 0) is 9.31 Å². The quantitative estimate of drug-likeness (QED) is 0.834. The average molecular weight is 289 g/mol. The Kier molecular flexibility index (Phi) is 4.30. The highest BCUT2D eigenvalue weighted by atomic mass is 16.7. The van der Waals surface area contributed by atoms with Gasteiger partial charge in [-0.25, -0.2) is 0 Å². The van der Waals surface area contributed by atoms with E-state index in [0.717, 1.165) is 17.8 Å². The number of nitrogens with one attached hydrogen (secondary N) is 1. The maximum Gasteiger partial charge on any atom is 0.487 e. The third-order valence-electron chi connectivity index (χ3n) is 4.06. The Labute approximate surface area is 127 Å². The van der Waals surface area contributed by atoms with Crippen molar-refractivity contribution in [2.24, 2.45) is 0 Å². The Balaban J connectivity index is 2.18. The minimum Gasteiger partial charge on any atom is -0.400 e. The van der Waals surface area contributed by atoms with Crippen LogP contribution in [0.4, 0.5) is 11.4 Å². The van der Waals surface area contributed by atoms with E-state index in [2.05, 4.69) is 10.3 Å². The molecule has 114 valence electrons. The predicted octanol–water partition coefficient (Wildman–Crippen LogP) is 2.74. The monoisotopic (exact) mass is 289 g/mol. The molecule has 6 heteroatoms. The molecule has 0 saturated carbocycles. The van der Waals surface area contributed by atoms with Crippen LogP contribution in [0.1, 0.15) is 40.2 Å². The normalized spacial score (nSPS) is 20.1. The van der Waals surface area contributed by atoms with Gasteiger partial charge in [0.05, 0.1) is 28.8 Å². The Morgan fingerprint density at radius 2 is 1.86 bits per heavy atom. The van der Waals surface area contributed by atoms with Crippen molar-refractivity contribution in [3.63, 3.8) is 0 Å². The topological polar surface area (TPSA) is 69.4 Å². The lowest BCUT2D eigenvalue weighted by Gasteiger charge is -2.32. The zero-order chi connectivity index (χ0) is 15.7. The third kappa shape index (κ3) is 3.22. The van der Waals surface area contributed by atoms with Crippen molar-refractivity contribution in [2.75, 3.05) is 17.6 Å². The lowest BCUT2D eigenvalue weighted by atomic mass is 9.89. The van der Waals surface area contributed by atoms with Crippen LogP contribution in [0, 0.1) is 0 Å². The molecule has 0 aliphatic carbocycles. The van der Waals surface area contributed by atoms with Crippen LogP contribution >= 0.6 is 0 Å². The molecule has 1 aromatic heterocycles. The molecule has 0 amide bonds. The molecule has 0 radical (unpaired) electrons. The number of anilines is 2. The van der Waals surface area contributed by atoms with E-state index in [1.165, 1.54) is 0 Å². The maximum atomic E-state index is 5.96. The fourth-order valence-electron chi connectivity index (χ4n) is 2.15. The van der Waals surface area contributed by atoms with Crippen molar-refractivity contribution in [1.82, 2.24) is 4.98 Å². The van der Waals surface area contributed by atoms with Gasteiger partial charge in [0.1, 0.15) is 0 Å². The summed E-state index contributed by atoms with van der Waals surface area (Å²) in [6.07, 6.45) is 5.35. The first-order valence-electron chi connectivity index (χ1n) is 7.28. The molecule has 2 heterocycles. The second kappa shape index (κ2) is 5.69. The van der Waals surface area contributed by atoms with E-state index in [4.69, 9.17) is 15.0 Å². The number of aromatic nitrogens is 1. The van der Waals surface area contributed by atoms with E-state index in [0.29, 0.717) is 5.69 Å². The van der Waals surface area contributed by atoms with Crippen molar-refractivity contribution >= 4 is 24.6 Å². The molecule has 1 aliphatic rings. The first kappa shape index (κ1) is 15.9. The second-order valence-corrected chi connectivity index (χ2v) is 6.21. The molecule has 2 rings (SSSR count). The van der Waals surface area contributed by atoms with Crippen LogP contribution in [-0.4, -0.2) is 29.8 Å². The highest BCUT2D eigenvalue weighted by Crippen LogP contribution is 2.37. The molecule has 0 unspecified atom stereocenters. The van der Waals surface area contributed by atoms with E-state index in [1.807, 2.05) is 46.7 Å². The lowest BCUT2D eigenvalue weighted by Crippen LogP contribution is -2.41.